The number of para-hydroxylation sites is 1. The average molecular weight is 314 g/mol. The molecule has 2 aromatic rings. The lowest BCUT2D eigenvalue weighted by Gasteiger charge is -2.34. The van der Waals surface area contributed by atoms with Gasteiger partial charge in [-0.3, -0.25) is 9.36 Å². The van der Waals surface area contributed by atoms with Crippen LogP contribution >= 0.6 is 0 Å². The fourth-order valence-electron chi connectivity index (χ4n) is 3.98. The van der Waals surface area contributed by atoms with Crippen LogP contribution in [0.1, 0.15) is 36.2 Å². The van der Waals surface area contributed by atoms with Gasteiger partial charge in [0.15, 0.2) is 5.79 Å². The number of benzene rings is 1. The molecule has 0 atom stereocenters. The molecule has 5 nitrogen and oxygen atoms in total. The summed E-state index contributed by atoms with van der Waals surface area (Å²) in [6.45, 7) is 3.29. The molecule has 2 heterocycles. The van der Waals surface area contributed by atoms with Crippen molar-refractivity contribution < 1.29 is 14.3 Å². The highest BCUT2D eigenvalue weighted by atomic mass is 16.7. The summed E-state index contributed by atoms with van der Waals surface area (Å²) in [7, 11) is 0. The van der Waals surface area contributed by atoms with E-state index in [2.05, 4.69) is 0 Å². The van der Waals surface area contributed by atoms with Gasteiger partial charge in [-0.1, -0.05) is 12.1 Å². The van der Waals surface area contributed by atoms with Gasteiger partial charge in [0, 0.05) is 29.8 Å². The third-order valence-electron chi connectivity index (χ3n) is 5.17. The number of nitrogens with zero attached hydrogens (tertiary/aromatic N) is 1. The second kappa shape index (κ2) is 5.35. The summed E-state index contributed by atoms with van der Waals surface area (Å²) < 4.78 is 13.3. The lowest BCUT2D eigenvalue weighted by atomic mass is 9.84. The Labute approximate surface area is 135 Å². The van der Waals surface area contributed by atoms with Crippen molar-refractivity contribution in [2.45, 2.75) is 38.4 Å². The van der Waals surface area contributed by atoms with Crippen molar-refractivity contribution in [3.63, 3.8) is 0 Å². The number of carbonyl (C=O) groups is 1. The summed E-state index contributed by atoms with van der Waals surface area (Å²) in [6.07, 6.45) is 3.17. The third-order valence-corrected chi connectivity index (χ3v) is 5.17. The second-order valence-electron chi connectivity index (χ2n) is 6.63. The van der Waals surface area contributed by atoms with Crippen LogP contribution in [0, 0.1) is 12.8 Å². The smallest absolute Gasteiger partial charge is 0.234 e. The van der Waals surface area contributed by atoms with Crippen LogP contribution in [0.25, 0.3) is 10.9 Å². The Balaban J connectivity index is 1.62. The molecule has 4 rings (SSSR count). The van der Waals surface area contributed by atoms with E-state index in [1.54, 1.807) is 4.57 Å². The molecule has 2 aliphatic rings. The van der Waals surface area contributed by atoms with Gasteiger partial charge in [0.1, 0.15) is 0 Å². The molecule has 1 aromatic carbocycles. The van der Waals surface area contributed by atoms with Crippen molar-refractivity contribution in [1.29, 1.82) is 0 Å². The maximum atomic E-state index is 13.1. The predicted molar refractivity (Wildman–Crippen MR) is 88.3 cm³/mol. The zero-order chi connectivity index (χ0) is 16.0. The van der Waals surface area contributed by atoms with Crippen molar-refractivity contribution in [3.8, 4) is 0 Å². The van der Waals surface area contributed by atoms with E-state index >= 15 is 0 Å². The molecule has 0 unspecified atom stereocenters. The fourth-order valence-corrected chi connectivity index (χ4v) is 3.98. The van der Waals surface area contributed by atoms with Crippen molar-refractivity contribution in [3.05, 3.63) is 30.0 Å². The quantitative estimate of drug-likeness (QED) is 0.821. The van der Waals surface area contributed by atoms with E-state index in [4.69, 9.17) is 15.2 Å². The molecule has 1 aliphatic heterocycles. The second-order valence-corrected chi connectivity index (χ2v) is 6.63. The number of ether oxygens (including phenoxy) is 2. The van der Waals surface area contributed by atoms with Crippen molar-refractivity contribution >= 4 is 22.5 Å². The van der Waals surface area contributed by atoms with Crippen LogP contribution in [0.5, 0.6) is 0 Å². The zero-order valence-electron chi connectivity index (χ0n) is 13.4. The lowest BCUT2D eigenvalue weighted by Crippen LogP contribution is -2.38. The van der Waals surface area contributed by atoms with Gasteiger partial charge in [-0.15, -0.1) is 0 Å². The Bertz CT molecular complexity index is 749. The van der Waals surface area contributed by atoms with Crippen LogP contribution in [0.4, 0.5) is 5.69 Å². The number of aryl methyl sites for hydroxylation is 1. The van der Waals surface area contributed by atoms with E-state index in [9.17, 15) is 4.79 Å². The van der Waals surface area contributed by atoms with Crippen molar-refractivity contribution in [1.82, 2.24) is 4.57 Å². The number of carbonyl (C=O) groups excluding carboxylic acids is 1. The molecule has 0 bridgehead atoms. The summed E-state index contributed by atoms with van der Waals surface area (Å²) >= 11 is 0. The summed E-state index contributed by atoms with van der Waals surface area (Å²) in [5, 5.41) is 1.02. The molecule has 23 heavy (non-hydrogen) atoms. The molecule has 122 valence electrons. The van der Waals surface area contributed by atoms with Gasteiger partial charge >= 0.3 is 0 Å². The standard InChI is InChI=1S/C18H22N2O3/c1-12-11-14-3-2-4-15(19)16(14)20(12)17(21)13-5-7-18(8-6-13)22-9-10-23-18/h2-4,11,13H,5-10,19H2,1H3. The topological polar surface area (TPSA) is 66.5 Å². The number of nitrogen functional groups attached to an aromatic ring is 1. The largest absolute Gasteiger partial charge is 0.397 e. The summed E-state index contributed by atoms with van der Waals surface area (Å²) in [5.74, 6) is -0.283. The lowest BCUT2D eigenvalue weighted by molar-refractivity contribution is -0.180. The summed E-state index contributed by atoms with van der Waals surface area (Å²) in [5.41, 5.74) is 8.55. The van der Waals surface area contributed by atoms with Gasteiger partial charge in [0.2, 0.25) is 5.91 Å². The van der Waals surface area contributed by atoms with E-state index in [0.29, 0.717) is 18.9 Å². The van der Waals surface area contributed by atoms with Gasteiger partial charge in [-0.25, -0.2) is 0 Å². The number of hydrogen-bond acceptors (Lipinski definition) is 4. The van der Waals surface area contributed by atoms with Gasteiger partial charge in [0.05, 0.1) is 24.4 Å². The molecule has 1 spiro atoms. The van der Waals surface area contributed by atoms with E-state index in [-0.39, 0.29) is 11.8 Å². The average Bonchev–Trinajstić information content (AvgIpc) is 3.12. The highest BCUT2D eigenvalue weighted by molar-refractivity contribution is 6.00. The minimum Gasteiger partial charge on any atom is -0.397 e. The number of rotatable bonds is 1. The minimum absolute atomic E-state index is 0.00216. The maximum Gasteiger partial charge on any atom is 0.234 e. The van der Waals surface area contributed by atoms with Gasteiger partial charge < -0.3 is 15.2 Å². The monoisotopic (exact) mass is 314 g/mol. The number of anilines is 1. The first kappa shape index (κ1) is 14.7. The molecular formula is C18H22N2O3. The zero-order valence-corrected chi connectivity index (χ0v) is 13.4. The highest BCUT2D eigenvalue weighted by Crippen LogP contribution is 2.39. The van der Waals surface area contributed by atoms with E-state index in [0.717, 1.165) is 42.3 Å². The maximum absolute atomic E-state index is 13.1. The fraction of sp³-hybridized carbons (Fsp3) is 0.500. The molecule has 2 fully saturated rings. The van der Waals surface area contributed by atoms with Gasteiger partial charge in [-0.05, 0) is 31.9 Å². The van der Waals surface area contributed by atoms with E-state index in [1.807, 2.05) is 31.2 Å². The van der Waals surface area contributed by atoms with E-state index in [1.165, 1.54) is 0 Å². The Morgan fingerprint density at radius 1 is 1.26 bits per heavy atom. The molecule has 1 saturated heterocycles. The first-order chi connectivity index (χ1) is 11.1. The SMILES string of the molecule is Cc1cc2cccc(N)c2n1C(=O)C1CCC2(CC1)OCCO2. The first-order valence-electron chi connectivity index (χ1n) is 8.28. The summed E-state index contributed by atoms with van der Waals surface area (Å²) in [6, 6.07) is 7.79. The minimum atomic E-state index is -0.427. The molecule has 2 N–H and O–H groups in total. The Morgan fingerprint density at radius 2 is 1.96 bits per heavy atom. The first-order valence-corrected chi connectivity index (χ1v) is 8.28. The summed E-state index contributed by atoms with van der Waals surface area (Å²) in [4.78, 5) is 13.1. The molecule has 1 aromatic heterocycles. The number of fused-ring (bicyclic) bond motifs is 1. The Kier molecular flexibility index (Phi) is 3.43. The van der Waals surface area contributed by atoms with Crippen LogP contribution in [0.2, 0.25) is 0 Å². The molecule has 1 aliphatic carbocycles. The van der Waals surface area contributed by atoms with Crippen LogP contribution < -0.4 is 5.73 Å². The third kappa shape index (κ3) is 2.35. The van der Waals surface area contributed by atoms with Crippen LogP contribution in [0.3, 0.4) is 0 Å². The Morgan fingerprint density at radius 3 is 2.65 bits per heavy atom. The highest BCUT2D eigenvalue weighted by Gasteiger charge is 2.42. The van der Waals surface area contributed by atoms with Gasteiger partial charge in [0.25, 0.3) is 0 Å². The Hall–Kier alpha value is -1.85. The molecule has 1 saturated carbocycles. The molecular weight excluding hydrogens is 292 g/mol. The van der Waals surface area contributed by atoms with Crippen molar-refractivity contribution in [2.75, 3.05) is 18.9 Å². The molecule has 0 amide bonds. The van der Waals surface area contributed by atoms with Crippen molar-refractivity contribution in [2.24, 2.45) is 5.92 Å². The predicted octanol–water partition coefficient (Wildman–Crippen LogP) is 3.11. The normalized spacial score (nSPS) is 21.3. The van der Waals surface area contributed by atoms with Crippen LogP contribution in [-0.2, 0) is 9.47 Å². The van der Waals surface area contributed by atoms with Crippen LogP contribution in [-0.4, -0.2) is 29.5 Å². The number of hydrogen-bond donors (Lipinski definition) is 1. The van der Waals surface area contributed by atoms with E-state index < -0.39 is 5.79 Å². The van der Waals surface area contributed by atoms with Crippen LogP contribution in [0.15, 0.2) is 24.3 Å². The van der Waals surface area contributed by atoms with Gasteiger partial charge in [-0.2, -0.15) is 0 Å². The number of aromatic nitrogens is 1. The molecule has 0 radical (unpaired) electrons. The number of nitrogens with two attached hydrogens (primary N) is 1. The molecule has 5 heteroatoms.